The van der Waals surface area contributed by atoms with E-state index in [1.165, 1.54) is 11.1 Å². The van der Waals surface area contributed by atoms with Gasteiger partial charge < -0.3 is 4.74 Å². The van der Waals surface area contributed by atoms with Crippen molar-refractivity contribution in [1.29, 1.82) is 0 Å². The summed E-state index contributed by atoms with van der Waals surface area (Å²) in [6, 6.07) is 6.36. The van der Waals surface area contributed by atoms with E-state index in [1.807, 2.05) is 6.07 Å². The van der Waals surface area contributed by atoms with E-state index >= 15 is 0 Å². The minimum atomic E-state index is 0.389. The first kappa shape index (κ1) is 15.7. The molecule has 19 heavy (non-hydrogen) atoms. The number of aryl methyl sites for hydroxylation is 1. The van der Waals surface area contributed by atoms with Crippen LogP contribution >= 0.6 is 0 Å². The Morgan fingerprint density at radius 3 is 2.58 bits per heavy atom. The molecular formula is C17H26O2. The fourth-order valence-electron chi connectivity index (χ4n) is 2.28. The molecule has 0 aromatic heterocycles. The van der Waals surface area contributed by atoms with Crippen LogP contribution in [-0.4, -0.2) is 12.9 Å². The largest absolute Gasteiger partial charge is 0.496 e. The molecule has 1 aromatic rings. The first-order valence-electron chi connectivity index (χ1n) is 7.27. The fraction of sp³-hybridized carbons (Fsp3) is 0.588. The Kier molecular flexibility index (Phi) is 6.61. The maximum Gasteiger partial charge on any atom is 0.132 e. The van der Waals surface area contributed by atoms with Crippen molar-refractivity contribution in [2.75, 3.05) is 7.11 Å². The normalized spacial score (nSPS) is 10.8. The van der Waals surface area contributed by atoms with Gasteiger partial charge >= 0.3 is 0 Å². The van der Waals surface area contributed by atoms with Gasteiger partial charge in [-0.05, 0) is 42.4 Å². The Morgan fingerprint density at radius 2 is 2.00 bits per heavy atom. The summed E-state index contributed by atoms with van der Waals surface area (Å²) in [5.74, 6) is 1.80. The van der Waals surface area contributed by atoms with E-state index in [0.717, 1.165) is 31.4 Å². The van der Waals surface area contributed by atoms with E-state index in [1.54, 1.807) is 7.11 Å². The lowest BCUT2D eigenvalue weighted by Gasteiger charge is -2.13. The molecular weight excluding hydrogens is 236 g/mol. The summed E-state index contributed by atoms with van der Waals surface area (Å²) in [5, 5.41) is 0. The Labute approximate surface area is 117 Å². The second-order valence-electron chi connectivity index (χ2n) is 5.37. The zero-order chi connectivity index (χ0) is 14.3. The first-order valence-corrected chi connectivity index (χ1v) is 7.27. The summed E-state index contributed by atoms with van der Waals surface area (Å²) in [6.45, 7) is 6.40. The topological polar surface area (TPSA) is 26.3 Å². The van der Waals surface area contributed by atoms with E-state index < -0.39 is 0 Å². The first-order chi connectivity index (χ1) is 9.08. The van der Waals surface area contributed by atoms with Crippen LogP contribution < -0.4 is 4.74 Å². The molecule has 0 spiro atoms. The van der Waals surface area contributed by atoms with E-state index in [4.69, 9.17) is 4.74 Å². The molecule has 106 valence electrons. The number of rotatable bonds is 8. The second-order valence-corrected chi connectivity index (χ2v) is 5.37. The van der Waals surface area contributed by atoms with Gasteiger partial charge in [-0.15, -0.1) is 0 Å². The zero-order valence-electron chi connectivity index (χ0n) is 12.7. The number of ether oxygens (including phenoxy) is 1. The van der Waals surface area contributed by atoms with Gasteiger partial charge in [0.05, 0.1) is 7.11 Å². The summed E-state index contributed by atoms with van der Waals surface area (Å²) in [7, 11) is 1.71. The summed E-state index contributed by atoms with van der Waals surface area (Å²) >= 11 is 0. The summed E-state index contributed by atoms with van der Waals surface area (Å²) in [5.41, 5.74) is 2.55. The van der Waals surface area contributed by atoms with Crippen molar-refractivity contribution in [1.82, 2.24) is 0 Å². The number of ketones is 1. The molecule has 0 atom stereocenters. The Balaban J connectivity index is 2.59. The molecule has 0 aliphatic heterocycles. The highest BCUT2D eigenvalue weighted by Gasteiger charge is 2.08. The molecule has 2 heteroatoms. The second kappa shape index (κ2) is 7.98. The average molecular weight is 262 g/mol. The van der Waals surface area contributed by atoms with Crippen molar-refractivity contribution < 1.29 is 9.53 Å². The molecule has 0 unspecified atom stereocenters. The van der Waals surface area contributed by atoms with Crippen molar-refractivity contribution >= 4 is 5.78 Å². The quantitative estimate of drug-likeness (QED) is 0.689. The average Bonchev–Trinajstić information content (AvgIpc) is 2.38. The van der Waals surface area contributed by atoms with Gasteiger partial charge in [-0.3, -0.25) is 4.79 Å². The minimum Gasteiger partial charge on any atom is -0.496 e. The maximum absolute atomic E-state index is 11.5. The van der Waals surface area contributed by atoms with E-state index in [9.17, 15) is 4.79 Å². The maximum atomic E-state index is 11.5. The van der Waals surface area contributed by atoms with Crippen LogP contribution in [0, 0.1) is 0 Å². The van der Waals surface area contributed by atoms with E-state index in [-0.39, 0.29) is 0 Å². The molecule has 0 N–H and O–H groups in total. The predicted octanol–water partition coefficient (Wildman–Crippen LogP) is 4.51. The molecule has 0 radical (unpaired) electrons. The third-order valence-electron chi connectivity index (χ3n) is 3.37. The van der Waals surface area contributed by atoms with Gasteiger partial charge in [-0.2, -0.15) is 0 Å². The van der Waals surface area contributed by atoms with Gasteiger partial charge in [0.2, 0.25) is 0 Å². The van der Waals surface area contributed by atoms with Crippen molar-refractivity contribution in [3.8, 4) is 5.75 Å². The number of methoxy groups -OCH3 is 1. The summed E-state index contributed by atoms with van der Waals surface area (Å²) in [6.07, 6.45) is 4.30. The van der Waals surface area contributed by atoms with Crippen molar-refractivity contribution in [3.05, 3.63) is 29.3 Å². The van der Waals surface area contributed by atoms with Crippen LogP contribution in [0.4, 0.5) is 0 Å². The lowest BCUT2D eigenvalue weighted by atomic mass is 9.97. The van der Waals surface area contributed by atoms with Gasteiger partial charge in [0, 0.05) is 12.8 Å². The van der Waals surface area contributed by atoms with Crippen molar-refractivity contribution in [3.63, 3.8) is 0 Å². The molecule has 1 rings (SSSR count). The Hall–Kier alpha value is -1.31. The Morgan fingerprint density at radius 1 is 1.26 bits per heavy atom. The highest BCUT2D eigenvalue weighted by Crippen LogP contribution is 2.27. The van der Waals surface area contributed by atoms with Gasteiger partial charge in [0.15, 0.2) is 0 Å². The summed E-state index contributed by atoms with van der Waals surface area (Å²) in [4.78, 5) is 11.5. The number of hydrogen-bond acceptors (Lipinski definition) is 2. The monoisotopic (exact) mass is 262 g/mol. The standard InChI is InChI=1S/C17H26O2/c1-5-7-15(18)9-6-8-14-10-11-17(19-4)16(12-14)13(2)3/h10-13H,5-9H2,1-4H3. The van der Waals surface area contributed by atoms with Crippen LogP contribution in [-0.2, 0) is 11.2 Å². The summed E-state index contributed by atoms with van der Waals surface area (Å²) < 4.78 is 5.38. The molecule has 0 heterocycles. The lowest BCUT2D eigenvalue weighted by molar-refractivity contribution is -0.119. The Bertz CT molecular complexity index is 408. The molecule has 0 bridgehead atoms. The van der Waals surface area contributed by atoms with Gasteiger partial charge in [-0.1, -0.05) is 32.9 Å². The van der Waals surface area contributed by atoms with Gasteiger partial charge in [-0.25, -0.2) is 0 Å². The highest BCUT2D eigenvalue weighted by molar-refractivity contribution is 5.78. The minimum absolute atomic E-state index is 0.389. The molecule has 0 amide bonds. The third kappa shape index (κ3) is 5.06. The predicted molar refractivity (Wildman–Crippen MR) is 79.9 cm³/mol. The van der Waals surface area contributed by atoms with Crippen LogP contribution in [0.25, 0.3) is 0 Å². The van der Waals surface area contributed by atoms with Crippen LogP contribution in [0.15, 0.2) is 18.2 Å². The molecule has 0 aliphatic rings. The number of hydrogen-bond donors (Lipinski definition) is 0. The van der Waals surface area contributed by atoms with E-state index in [0.29, 0.717) is 18.1 Å². The van der Waals surface area contributed by atoms with Crippen LogP contribution in [0.5, 0.6) is 5.75 Å². The fourth-order valence-corrected chi connectivity index (χ4v) is 2.28. The lowest BCUT2D eigenvalue weighted by Crippen LogP contribution is -1.99. The zero-order valence-corrected chi connectivity index (χ0v) is 12.7. The van der Waals surface area contributed by atoms with Crippen LogP contribution in [0.3, 0.4) is 0 Å². The number of carbonyl (C=O) groups is 1. The van der Waals surface area contributed by atoms with Gasteiger partial charge in [0.25, 0.3) is 0 Å². The van der Waals surface area contributed by atoms with Crippen LogP contribution in [0.2, 0.25) is 0 Å². The number of carbonyl (C=O) groups excluding carboxylic acids is 1. The van der Waals surface area contributed by atoms with Crippen molar-refractivity contribution in [2.45, 2.75) is 58.8 Å². The smallest absolute Gasteiger partial charge is 0.132 e. The highest BCUT2D eigenvalue weighted by atomic mass is 16.5. The van der Waals surface area contributed by atoms with E-state index in [2.05, 4.69) is 32.9 Å². The number of Topliss-reactive ketones (excluding diaryl/α,β-unsaturated/α-hetero) is 1. The van der Waals surface area contributed by atoms with Crippen LogP contribution in [0.1, 0.15) is 63.5 Å². The molecule has 0 saturated carbocycles. The van der Waals surface area contributed by atoms with Crippen molar-refractivity contribution in [2.24, 2.45) is 0 Å². The molecule has 0 fully saturated rings. The molecule has 1 aromatic carbocycles. The SMILES string of the molecule is CCCC(=O)CCCc1ccc(OC)c(C(C)C)c1. The van der Waals surface area contributed by atoms with Gasteiger partial charge in [0.1, 0.15) is 11.5 Å². The third-order valence-corrected chi connectivity index (χ3v) is 3.37. The number of benzene rings is 1. The molecule has 0 aliphatic carbocycles. The molecule has 0 saturated heterocycles. The molecule has 2 nitrogen and oxygen atoms in total.